The van der Waals surface area contributed by atoms with Crippen molar-refractivity contribution in [3.8, 4) is 0 Å². The fourth-order valence-corrected chi connectivity index (χ4v) is 2.01. The molecular weight excluding hydrogens is 282 g/mol. The average molecular weight is 301 g/mol. The number of hydrogen-bond donors (Lipinski definition) is 1. The van der Waals surface area contributed by atoms with Gasteiger partial charge in [0.25, 0.3) is 5.91 Å². The van der Waals surface area contributed by atoms with E-state index in [1.807, 2.05) is 23.9 Å². The van der Waals surface area contributed by atoms with Crippen LogP contribution < -0.4 is 5.32 Å². The Kier molecular flexibility index (Phi) is 5.30. The van der Waals surface area contributed by atoms with E-state index in [2.05, 4.69) is 15.2 Å². The summed E-state index contributed by atoms with van der Waals surface area (Å²) in [7, 11) is 1.32. The first-order valence-corrected chi connectivity index (χ1v) is 7.07. The highest BCUT2D eigenvalue weighted by Gasteiger charge is 2.08. The SMILES string of the molecule is COC(=O)c1ccc(C(=O)NCCCn2ccc(C)n2)cc1. The van der Waals surface area contributed by atoms with Crippen molar-refractivity contribution in [2.45, 2.75) is 19.9 Å². The Morgan fingerprint density at radius 2 is 1.86 bits per heavy atom. The topological polar surface area (TPSA) is 73.2 Å². The number of nitrogens with zero attached hydrogens (tertiary/aromatic N) is 2. The number of aryl methyl sites for hydroxylation is 2. The monoisotopic (exact) mass is 301 g/mol. The van der Waals surface area contributed by atoms with E-state index in [4.69, 9.17) is 0 Å². The van der Waals surface area contributed by atoms with Crippen LogP contribution in [0, 0.1) is 6.92 Å². The Bertz CT molecular complexity index is 647. The summed E-state index contributed by atoms with van der Waals surface area (Å²) in [6.07, 6.45) is 2.72. The summed E-state index contributed by atoms with van der Waals surface area (Å²) in [5, 5.41) is 7.12. The first-order chi connectivity index (χ1) is 10.6. The van der Waals surface area contributed by atoms with Crippen LogP contribution in [0.4, 0.5) is 0 Å². The highest BCUT2D eigenvalue weighted by atomic mass is 16.5. The van der Waals surface area contributed by atoms with Gasteiger partial charge in [-0.25, -0.2) is 4.79 Å². The molecule has 1 aromatic carbocycles. The van der Waals surface area contributed by atoms with Crippen LogP contribution in [-0.4, -0.2) is 35.3 Å². The molecule has 0 fully saturated rings. The van der Waals surface area contributed by atoms with Gasteiger partial charge >= 0.3 is 5.97 Å². The van der Waals surface area contributed by atoms with E-state index < -0.39 is 5.97 Å². The van der Waals surface area contributed by atoms with Gasteiger partial charge in [-0.15, -0.1) is 0 Å². The van der Waals surface area contributed by atoms with Gasteiger partial charge in [-0.3, -0.25) is 9.48 Å². The molecule has 0 aliphatic rings. The number of methoxy groups -OCH3 is 1. The van der Waals surface area contributed by atoms with Gasteiger partial charge in [-0.1, -0.05) is 0 Å². The molecule has 6 heteroatoms. The third kappa shape index (κ3) is 4.18. The zero-order valence-electron chi connectivity index (χ0n) is 12.7. The predicted octanol–water partition coefficient (Wildman–Crippen LogP) is 1.80. The number of ether oxygens (including phenoxy) is 1. The van der Waals surface area contributed by atoms with Crippen LogP contribution in [0.1, 0.15) is 32.8 Å². The van der Waals surface area contributed by atoms with Crippen molar-refractivity contribution < 1.29 is 14.3 Å². The smallest absolute Gasteiger partial charge is 0.337 e. The lowest BCUT2D eigenvalue weighted by molar-refractivity contribution is 0.0600. The lowest BCUT2D eigenvalue weighted by atomic mass is 10.1. The van der Waals surface area contributed by atoms with Crippen LogP contribution in [0.15, 0.2) is 36.5 Å². The van der Waals surface area contributed by atoms with Crippen molar-refractivity contribution in [1.29, 1.82) is 0 Å². The number of rotatable bonds is 6. The molecule has 22 heavy (non-hydrogen) atoms. The molecule has 0 saturated carbocycles. The van der Waals surface area contributed by atoms with Crippen molar-refractivity contribution in [2.24, 2.45) is 0 Å². The van der Waals surface area contributed by atoms with Crippen LogP contribution >= 0.6 is 0 Å². The molecule has 0 aliphatic carbocycles. The first-order valence-electron chi connectivity index (χ1n) is 7.07. The van der Waals surface area contributed by atoms with Crippen LogP contribution in [0.5, 0.6) is 0 Å². The minimum atomic E-state index is -0.415. The third-order valence-electron chi connectivity index (χ3n) is 3.19. The molecule has 0 radical (unpaired) electrons. The summed E-state index contributed by atoms with van der Waals surface area (Å²) in [6, 6.07) is 8.32. The maximum absolute atomic E-state index is 12.0. The van der Waals surface area contributed by atoms with Crippen molar-refractivity contribution >= 4 is 11.9 Å². The summed E-state index contributed by atoms with van der Waals surface area (Å²) in [5.74, 6) is -0.575. The first kappa shape index (κ1) is 15.8. The van der Waals surface area contributed by atoms with Gasteiger partial charge in [0.1, 0.15) is 0 Å². The molecule has 0 spiro atoms. The second-order valence-electron chi connectivity index (χ2n) is 4.90. The number of carbonyl (C=O) groups is 2. The predicted molar refractivity (Wildman–Crippen MR) is 81.7 cm³/mol. The molecule has 1 aromatic heterocycles. The zero-order chi connectivity index (χ0) is 15.9. The lowest BCUT2D eigenvalue weighted by Gasteiger charge is -2.06. The molecule has 1 N–H and O–H groups in total. The quantitative estimate of drug-likeness (QED) is 0.652. The van der Waals surface area contributed by atoms with E-state index in [1.54, 1.807) is 24.3 Å². The minimum Gasteiger partial charge on any atom is -0.465 e. The number of nitrogens with one attached hydrogen (secondary N) is 1. The van der Waals surface area contributed by atoms with Crippen LogP contribution in [0.2, 0.25) is 0 Å². The Morgan fingerprint density at radius 3 is 2.45 bits per heavy atom. The largest absolute Gasteiger partial charge is 0.465 e. The number of carbonyl (C=O) groups excluding carboxylic acids is 2. The second kappa shape index (κ2) is 7.40. The van der Waals surface area contributed by atoms with Crippen molar-refractivity contribution in [2.75, 3.05) is 13.7 Å². The maximum Gasteiger partial charge on any atom is 0.337 e. The van der Waals surface area contributed by atoms with Crippen LogP contribution in [-0.2, 0) is 11.3 Å². The van der Waals surface area contributed by atoms with Gasteiger partial charge in [0.15, 0.2) is 0 Å². The van der Waals surface area contributed by atoms with E-state index in [1.165, 1.54) is 7.11 Å². The highest BCUT2D eigenvalue weighted by Crippen LogP contribution is 2.05. The van der Waals surface area contributed by atoms with Crippen molar-refractivity contribution in [1.82, 2.24) is 15.1 Å². The average Bonchev–Trinajstić information content (AvgIpc) is 2.96. The molecule has 0 unspecified atom stereocenters. The summed E-state index contributed by atoms with van der Waals surface area (Å²) in [4.78, 5) is 23.3. The molecule has 0 atom stereocenters. The van der Waals surface area contributed by atoms with Crippen molar-refractivity contribution in [3.63, 3.8) is 0 Å². The number of esters is 1. The number of aromatic nitrogens is 2. The molecule has 1 heterocycles. The van der Waals surface area contributed by atoms with Gasteiger partial charge in [-0.05, 0) is 43.7 Å². The Balaban J connectivity index is 1.78. The number of amides is 1. The molecule has 116 valence electrons. The van der Waals surface area contributed by atoms with Gasteiger partial charge in [-0.2, -0.15) is 5.10 Å². The Labute approximate surface area is 129 Å². The third-order valence-corrected chi connectivity index (χ3v) is 3.19. The molecule has 0 bridgehead atoms. The van der Waals surface area contributed by atoms with Gasteiger partial charge in [0, 0.05) is 24.8 Å². The summed E-state index contributed by atoms with van der Waals surface area (Å²) < 4.78 is 6.47. The zero-order valence-corrected chi connectivity index (χ0v) is 12.7. The fourth-order valence-electron chi connectivity index (χ4n) is 2.01. The standard InChI is InChI=1S/C16H19N3O3/c1-12-8-11-19(18-12)10-3-9-17-15(20)13-4-6-14(7-5-13)16(21)22-2/h4-8,11H,3,9-10H2,1-2H3,(H,17,20). The summed E-state index contributed by atoms with van der Waals surface area (Å²) >= 11 is 0. The molecule has 6 nitrogen and oxygen atoms in total. The normalized spacial score (nSPS) is 10.3. The number of benzene rings is 1. The molecule has 2 rings (SSSR count). The molecule has 0 saturated heterocycles. The van der Waals surface area contributed by atoms with Gasteiger partial charge in [0.2, 0.25) is 0 Å². The second-order valence-corrected chi connectivity index (χ2v) is 4.90. The van der Waals surface area contributed by atoms with E-state index in [0.717, 1.165) is 18.7 Å². The summed E-state index contributed by atoms with van der Waals surface area (Å²) in [6.45, 7) is 3.27. The maximum atomic E-state index is 12.0. The van der Waals surface area contributed by atoms with Crippen LogP contribution in [0.25, 0.3) is 0 Å². The van der Waals surface area contributed by atoms with E-state index >= 15 is 0 Å². The summed E-state index contributed by atoms with van der Waals surface area (Å²) in [5.41, 5.74) is 1.92. The Hall–Kier alpha value is -2.63. The molecule has 1 amide bonds. The molecule has 2 aromatic rings. The molecule has 0 aliphatic heterocycles. The lowest BCUT2D eigenvalue weighted by Crippen LogP contribution is -2.25. The van der Waals surface area contributed by atoms with Crippen LogP contribution in [0.3, 0.4) is 0 Å². The van der Waals surface area contributed by atoms with E-state index in [9.17, 15) is 9.59 Å². The van der Waals surface area contributed by atoms with Gasteiger partial charge in [0.05, 0.1) is 18.4 Å². The molecular formula is C16H19N3O3. The van der Waals surface area contributed by atoms with Gasteiger partial charge < -0.3 is 10.1 Å². The van der Waals surface area contributed by atoms with E-state index in [-0.39, 0.29) is 5.91 Å². The Morgan fingerprint density at radius 1 is 1.18 bits per heavy atom. The van der Waals surface area contributed by atoms with E-state index in [0.29, 0.717) is 17.7 Å². The minimum absolute atomic E-state index is 0.159. The van der Waals surface area contributed by atoms with Crippen molar-refractivity contribution in [3.05, 3.63) is 53.3 Å². The highest BCUT2D eigenvalue weighted by molar-refractivity contribution is 5.96. The number of hydrogen-bond acceptors (Lipinski definition) is 4. The fraction of sp³-hybridized carbons (Fsp3) is 0.312.